The topological polar surface area (TPSA) is 210 Å². The van der Waals surface area contributed by atoms with E-state index in [0.717, 1.165) is 0 Å². The summed E-state index contributed by atoms with van der Waals surface area (Å²) in [7, 11) is 0. The van der Waals surface area contributed by atoms with Crippen LogP contribution in [0.4, 0.5) is 0 Å². The lowest BCUT2D eigenvalue weighted by Gasteiger charge is -2.25. The Kier molecular flexibility index (Phi) is 17.1. The number of likely N-dealkylation sites (N-methyl/N-ethyl adjacent to an activating group) is 1. The molecule has 0 rings (SSSR count). The first kappa shape index (κ1) is 32.6. The van der Waals surface area contributed by atoms with Crippen molar-refractivity contribution in [1.82, 2.24) is 26.6 Å². The average molecular weight is 513 g/mol. The van der Waals surface area contributed by atoms with Crippen molar-refractivity contribution in [2.45, 2.75) is 90.8 Å². The third-order valence-corrected chi connectivity index (χ3v) is 5.13. The number of guanidine groups is 1. The van der Waals surface area contributed by atoms with E-state index < -0.39 is 29.9 Å². The number of hydrogen-bond donors (Lipinski definition) is 7. The average Bonchev–Trinajstić information content (AvgIpc) is 2.78. The van der Waals surface area contributed by atoms with Crippen molar-refractivity contribution in [2.75, 3.05) is 19.6 Å². The van der Waals surface area contributed by atoms with Crippen molar-refractivity contribution >= 4 is 35.5 Å². The predicted molar refractivity (Wildman–Crippen MR) is 138 cm³/mol. The molecule has 13 nitrogen and oxygen atoms in total. The van der Waals surface area contributed by atoms with Crippen molar-refractivity contribution in [1.29, 1.82) is 0 Å². The third kappa shape index (κ3) is 15.5. The summed E-state index contributed by atoms with van der Waals surface area (Å²) in [5.74, 6) is -1.90. The van der Waals surface area contributed by atoms with Crippen LogP contribution in [0, 0.1) is 0 Å². The van der Waals surface area contributed by atoms with Gasteiger partial charge in [0.05, 0.1) is 0 Å². The number of nitrogens with one attached hydrogen (secondary N) is 5. The van der Waals surface area contributed by atoms with Crippen molar-refractivity contribution in [3.63, 3.8) is 0 Å². The molecule has 3 atom stereocenters. The van der Waals surface area contributed by atoms with Crippen molar-refractivity contribution < 1.29 is 24.0 Å². The van der Waals surface area contributed by atoms with Crippen LogP contribution in [0.3, 0.4) is 0 Å². The zero-order chi connectivity index (χ0) is 27.5. The van der Waals surface area contributed by atoms with Crippen LogP contribution in [0.25, 0.3) is 0 Å². The second-order valence-electron chi connectivity index (χ2n) is 8.49. The van der Waals surface area contributed by atoms with Crippen molar-refractivity contribution in [3.05, 3.63) is 0 Å². The molecule has 0 fully saturated rings. The van der Waals surface area contributed by atoms with Crippen LogP contribution < -0.4 is 38.1 Å². The molecule has 13 heteroatoms. The molecule has 5 amide bonds. The monoisotopic (exact) mass is 512 g/mol. The maximum Gasteiger partial charge on any atom is 0.243 e. The van der Waals surface area contributed by atoms with Gasteiger partial charge < -0.3 is 38.1 Å². The van der Waals surface area contributed by atoms with Gasteiger partial charge in [0.2, 0.25) is 29.5 Å². The van der Waals surface area contributed by atoms with Crippen LogP contribution in [0.2, 0.25) is 0 Å². The summed E-state index contributed by atoms with van der Waals surface area (Å²) in [6.45, 7) is 7.51. The number of nitrogens with zero attached hydrogens (tertiary/aromatic N) is 1. The number of nitrogens with two attached hydrogens (primary N) is 2. The Balaban J connectivity index is 5.46. The van der Waals surface area contributed by atoms with Gasteiger partial charge in [-0.15, -0.1) is 0 Å². The fourth-order valence-electron chi connectivity index (χ4n) is 3.42. The summed E-state index contributed by atoms with van der Waals surface area (Å²) in [4.78, 5) is 65.1. The highest BCUT2D eigenvalue weighted by molar-refractivity contribution is 5.94. The molecule has 206 valence electrons. The summed E-state index contributed by atoms with van der Waals surface area (Å²) in [6.07, 6.45) is 3.23. The van der Waals surface area contributed by atoms with Gasteiger partial charge in [0.15, 0.2) is 5.96 Å². The van der Waals surface area contributed by atoms with E-state index >= 15 is 0 Å². The molecule has 0 aliphatic carbocycles. The number of carbonyl (C=O) groups excluding carboxylic acids is 5. The molecule has 0 aromatic rings. The van der Waals surface area contributed by atoms with Gasteiger partial charge >= 0.3 is 0 Å². The summed E-state index contributed by atoms with van der Waals surface area (Å²) in [5, 5.41) is 13.4. The molecule has 0 aromatic carbocycles. The SMILES string of the molecule is CCC[C@H](NC(C)=O)C(=O)N[C@@H](CCCCNC(C)=O)C(=O)N[C@@H](CCCN=C(N)N)C(=O)NCC. The lowest BCUT2D eigenvalue weighted by molar-refractivity contribution is -0.133. The van der Waals surface area contributed by atoms with Gasteiger partial charge in [-0.2, -0.15) is 0 Å². The Bertz CT molecular complexity index is 755. The number of amides is 5. The standard InChI is InChI=1S/C23H44N8O5/c1-5-10-17(29-16(4)33)21(35)31-19(11-7-8-13-27-15(3)32)22(36)30-18(20(34)26-6-2)12-9-14-28-23(24)25/h17-19H,5-14H2,1-4H3,(H,26,34)(H,27,32)(H,29,33)(H,30,36)(H,31,35)(H4,24,25,28)/t17-,18-,19-/m0/s1. The molecular weight excluding hydrogens is 468 g/mol. The van der Waals surface area contributed by atoms with E-state index in [1.54, 1.807) is 6.92 Å². The van der Waals surface area contributed by atoms with E-state index in [0.29, 0.717) is 58.2 Å². The minimum atomic E-state index is -0.933. The van der Waals surface area contributed by atoms with Crippen LogP contribution in [0.15, 0.2) is 4.99 Å². The second kappa shape index (κ2) is 18.9. The molecular formula is C23H44N8O5. The molecule has 0 aromatic heterocycles. The van der Waals surface area contributed by atoms with Crippen LogP contribution in [0.5, 0.6) is 0 Å². The lowest BCUT2D eigenvalue weighted by atomic mass is 10.0. The van der Waals surface area contributed by atoms with Gasteiger partial charge in [0.25, 0.3) is 0 Å². The Morgan fingerprint density at radius 2 is 1.25 bits per heavy atom. The second-order valence-corrected chi connectivity index (χ2v) is 8.49. The molecule has 0 bridgehead atoms. The van der Waals surface area contributed by atoms with Crippen molar-refractivity contribution in [2.24, 2.45) is 16.5 Å². The molecule has 9 N–H and O–H groups in total. The first-order valence-electron chi connectivity index (χ1n) is 12.5. The number of aliphatic imine (C=N–C) groups is 1. The molecule has 0 unspecified atom stereocenters. The molecule has 36 heavy (non-hydrogen) atoms. The number of rotatable bonds is 18. The molecule has 0 aliphatic heterocycles. The van der Waals surface area contributed by atoms with Gasteiger partial charge in [-0.1, -0.05) is 13.3 Å². The normalized spacial score (nSPS) is 12.9. The van der Waals surface area contributed by atoms with Gasteiger partial charge in [-0.3, -0.25) is 29.0 Å². The summed E-state index contributed by atoms with van der Waals surface area (Å²) < 4.78 is 0. The first-order valence-corrected chi connectivity index (χ1v) is 12.5. The van der Waals surface area contributed by atoms with Gasteiger partial charge in [0.1, 0.15) is 18.1 Å². The molecule has 0 saturated carbocycles. The van der Waals surface area contributed by atoms with E-state index in [2.05, 4.69) is 31.6 Å². The minimum Gasteiger partial charge on any atom is -0.370 e. The highest BCUT2D eigenvalue weighted by Gasteiger charge is 2.28. The minimum absolute atomic E-state index is 0.0589. The Morgan fingerprint density at radius 1 is 0.694 bits per heavy atom. The number of hydrogen-bond acceptors (Lipinski definition) is 6. The third-order valence-electron chi connectivity index (χ3n) is 5.13. The lowest BCUT2D eigenvalue weighted by Crippen LogP contribution is -2.56. The van der Waals surface area contributed by atoms with E-state index in [-0.39, 0.29) is 30.1 Å². The predicted octanol–water partition coefficient (Wildman–Crippen LogP) is -1.24. The molecule has 0 saturated heterocycles. The first-order chi connectivity index (χ1) is 17.0. The van der Waals surface area contributed by atoms with Gasteiger partial charge in [0, 0.05) is 33.5 Å². The van der Waals surface area contributed by atoms with Crippen LogP contribution >= 0.6 is 0 Å². The van der Waals surface area contributed by atoms with Crippen molar-refractivity contribution in [3.8, 4) is 0 Å². The molecule has 0 heterocycles. The fraction of sp³-hybridized carbons (Fsp3) is 0.739. The van der Waals surface area contributed by atoms with E-state index in [4.69, 9.17) is 11.5 Å². The highest BCUT2D eigenvalue weighted by Crippen LogP contribution is 2.06. The van der Waals surface area contributed by atoms with Gasteiger partial charge in [-0.25, -0.2) is 0 Å². The number of unbranched alkanes of at least 4 members (excludes halogenated alkanes) is 1. The molecule has 0 spiro atoms. The number of carbonyl (C=O) groups is 5. The maximum absolute atomic E-state index is 13.2. The van der Waals surface area contributed by atoms with E-state index in [1.165, 1.54) is 13.8 Å². The van der Waals surface area contributed by atoms with E-state index in [9.17, 15) is 24.0 Å². The summed E-state index contributed by atoms with van der Waals surface area (Å²) in [6, 6.07) is -2.55. The molecule has 0 radical (unpaired) electrons. The summed E-state index contributed by atoms with van der Waals surface area (Å²) >= 11 is 0. The zero-order valence-electron chi connectivity index (χ0n) is 21.9. The Hall–Kier alpha value is -3.38. The fourth-order valence-corrected chi connectivity index (χ4v) is 3.42. The van der Waals surface area contributed by atoms with E-state index in [1.807, 2.05) is 6.92 Å². The largest absolute Gasteiger partial charge is 0.370 e. The smallest absolute Gasteiger partial charge is 0.243 e. The summed E-state index contributed by atoms with van der Waals surface area (Å²) in [5.41, 5.74) is 10.7. The Morgan fingerprint density at radius 3 is 1.75 bits per heavy atom. The zero-order valence-corrected chi connectivity index (χ0v) is 21.9. The maximum atomic E-state index is 13.2. The highest BCUT2D eigenvalue weighted by atomic mass is 16.2. The van der Waals surface area contributed by atoms with Crippen LogP contribution in [-0.2, 0) is 24.0 Å². The van der Waals surface area contributed by atoms with Crippen LogP contribution in [-0.4, -0.2) is 73.3 Å². The van der Waals surface area contributed by atoms with Crippen LogP contribution in [0.1, 0.15) is 72.6 Å². The Labute approximate surface area is 213 Å². The molecule has 0 aliphatic rings. The van der Waals surface area contributed by atoms with Gasteiger partial charge in [-0.05, 0) is 45.4 Å². The quantitative estimate of drug-likeness (QED) is 0.0673.